The molecule has 0 aromatic carbocycles. The van der Waals surface area contributed by atoms with Crippen LogP contribution in [-0.4, -0.2) is 52.7 Å². The number of nitrogens with one attached hydrogen (secondary N) is 2. The van der Waals surface area contributed by atoms with Gasteiger partial charge in [0.25, 0.3) is 0 Å². The normalized spacial score (nSPS) is 24.5. The van der Waals surface area contributed by atoms with E-state index in [4.69, 9.17) is 10.8 Å². The second-order valence-electron chi connectivity index (χ2n) is 4.25. The van der Waals surface area contributed by atoms with Crippen LogP contribution in [0.15, 0.2) is 0 Å². The molecule has 0 saturated carbocycles. The van der Waals surface area contributed by atoms with Crippen molar-refractivity contribution in [3.8, 4) is 0 Å². The number of hydrogen-bond donors (Lipinski definition) is 5. The highest BCUT2D eigenvalue weighted by Crippen LogP contribution is 2.07. The van der Waals surface area contributed by atoms with Gasteiger partial charge >= 0.3 is 5.97 Å². The molecule has 2 unspecified atom stereocenters. The van der Waals surface area contributed by atoms with Gasteiger partial charge in [-0.05, 0) is 12.8 Å². The van der Waals surface area contributed by atoms with Crippen LogP contribution < -0.4 is 16.4 Å². The molecule has 6 N–H and O–H groups in total. The summed E-state index contributed by atoms with van der Waals surface area (Å²) in [7, 11) is 0. The van der Waals surface area contributed by atoms with Crippen LogP contribution in [0.1, 0.15) is 19.3 Å². The van der Waals surface area contributed by atoms with Gasteiger partial charge in [-0.1, -0.05) is 0 Å². The van der Waals surface area contributed by atoms with E-state index in [9.17, 15) is 19.5 Å². The zero-order chi connectivity index (χ0) is 13.7. The van der Waals surface area contributed by atoms with E-state index in [-0.39, 0.29) is 19.3 Å². The Morgan fingerprint density at radius 1 is 1.44 bits per heavy atom. The molecule has 0 aromatic heterocycles. The van der Waals surface area contributed by atoms with Crippen molar-refractivity contribution in [1.29, 1.82) is 0 Å². The van der Waals surface area contributed by atoms with Crippen LogP contribution in [-0.2, 0) is 14.4 Å². The van der Waals surface area contributed by atoms with Gasteiger partial charge in [-0.25, -0.2) is 4.79 Å². The van der Waals surface area contributed by atoms with E-state index < -0.39 is 36.0 Å². The number of carbonyl (C=O) groups is 3. The first-order valence-electron chi connectivity index (χ1n) is 5.63. The Balaban J connectivity index is 2.47. The predicted molar refractivity (Wildman–Crippen MR) is 60.4 cm³/mol. The van der Waals surface area contributed by atoms with Crippen molar-refractivity contribution in [3.63, 3.8) is 0 Å². The lowest BCUT2D eigenvalue weighted by Gasteiger charge is -2.16. The minimum absolute atomic E-state index is 0.0499. The molecule has 3 atom stereocenters. The molecule has 0 spiro atoms. The molecule has 1 saturated heterocycles. The van der Waals surface area contributed by atoms with Gasteiger partial charge in [0.15, 0.2) is 0 Å². The van der Waals surface area contributed by atoms with Crippen molar-refractivity contribution < 1.29 is 24.6 Å². The summed E-state index contributed by atoms with van der Waals surface area (Å²) < 4.78 is 0. The lowest BCUT2D eigenvalue weighted by Crippen LogP contribution is -2.48. The molecular weight excluding hydrogens is 242 g/mol. The fourth-order valence-corrected chi connectivity index (χ4v) is 1.73. The highest BCUT2D eigenvalue weighted by Gasteiger charge is 2.30. The van der Waals surface area contributed by atoms with Gasteiger partial charge in [0.2, 0.25) is 11.8 Å². The molecule has 0 bridgehead atoms. The van der Waals surface area contributed by atoms with Crippen LogP contribution in [0.4, 0.5) is 0 Å². The third kappa shape index (κ3) is 4.30. The fraction of sp³-hybridized carbons (Fsp3) is 0.700. The highest BCUT2D eigenvalue weighted by molar-refractivity contribution is 5.87. The zero-order valence-electron chi connectivity index (χ0n) is 9.76. The first-order chi connectivity index (χ1) is 8.40. The third-order valence-corrected chi connectivity index (χ3v) is 2.72. The zero-order valence-corrected chi connectivity index (χ0v) is 9.76. The Labute approximate surface area is 104 Å². The average Bonchev–Trinajstić information content (AvgIpc) is 2.70. The summed E-state index contributed by atoms with van der Waals surface area (Å²) in [5, 5.41) is 23.2. The van der Waals surface area contributed by atoms with Crippen LogP contribution >= 0.6 is 0 Å². The molecule has 102 valence electrons. The molecule has 1 heterocycles. The van der Waals surface area contributed by atoms with Crippen LogP contribution in [0.5, 0.6) is 0 Å². The minimum Gasteiger partial charge on any atom is -0.480 e. The number of hydrogen-bond acceptors (Lipinski definition) is 5. The fourth-order valence-electron chi connectivity index (χ4n) is 1.73. The van der Waals surface area contributed by atoms with Crippen molar-refractivity contribution >= 4 is 17.8 Å². The maximum atomic E-state index is 11.7. The summed E-state index contributed by atoms with van der Waals surface area (Å²) in [6.07, 6.45) is -0.521. The number of nitrogens with two attached hydrogens (primary N) is 1. The van der Waals surface area contributed by atoms with E-state index in [1.807, 2.05) is 0 Å². The van der Waals surface area contributed by atoms with Crippen LogP contribution in [0.25, 0.3) is 0 Å². The Morgan fingerprint density at radius 2 is 2.11 bits per heavy atom. The molecule has 18 heavy (non-hydrogen) atoms. The molecule has 8 heteroatoms. The Morgan fingerprint density at radius 3 is 2.56 bits per heavy atom. The van der Waals surface area contributed by atoms with Gasteiger partial charge in [-0.2, -0.15) is 0 Å². The van der Waals surface area contributed by atoms with Gasteiger partial charge in [0.1, 0.15) is 6.04 Å². The maximum absolute atomic E-state index is 11.7. The van der Waals surface area contributed by atoms with Gasteiger partial charge in [0.05, 0.1) is 12.1 Å². The molecule has 1 aliphatic rings. The van der Waals surface area contributed by atoms with Crippen LogP contribution in [0.2, 0.25) is 0 Å². The van der Waals surface area contributed by atoms with Gasteiger partial charge in [0, 0.05) is 13.0 Å². The minimum atomic E-state index is -1.22. The van der Waals surface area contributed by atoms with E-state index in [2.05, 4.69) is 10.6 Å². The van der Waals surface area contributed by atoms with Crippen molar-refractivity contribution in [2.45, 2.75) is 37.5 Å². The smallest absolute Gasteiger partial charge is 0.326 e. The number of carboxylic acids is 1. The van der Waals surface area contributed by atoms with Crippen molar-refractivity contribution in [2.75, 3.05) is 6.54 Å². The average molecular weight is 259 g/mol. The maximum Gasteiger partial charge on any atom is 0.326 e. The Bertz CT molecular complexity index is 346. The standard InChI is InChI=1S/C10H17N3O5/c11-8(15)2-1-6(10(17)18)13-9(16)7-3-5(14)4-12-7/h5-7,12,14H,1-4H2,(H2,11,15)(H,13,16)(H,17,18)/t5?,6-,7?/m0/s1. The number of rotatable bonds is 6. The van der Waals surface area contributed by atoms with Crippen molar-refractivity contribution in [1.82, 2.24) is 10.6 Å². The molecule has 1 rings (SSSR count). The lowest BCUT2D eigenvalue weighted by molar-refractivity contribution is -0.142. The Hall–Kier alpha value is -1.67. The summed E-state index contributed by atoms with van der Waals surface area (Å²) in [5.41, 5.74) is 4.92. The number of primary amides is 1. The molecule has 0 radical (unpaired) electrons. The number of β-amino-alcohol motifs (C(OH)–C–C–N with tert-alkyl or cyclic N) is 1. The number of aliphatic hydroxyl groups excluding tert-OH is 1. The molecule has 2 amide bonds. The molecule has 1 fully saturated rings. The topological polar surface area (TPSA) is 142 Å². The largest absolute Gasteiger partial charge is 0.480 e. The molecule has 0 aromatic rings. The van der Waals surface area contributed by atoms with E-state index >= 15 is 0 Å². The van der Waals surface area contributed by atoms with Crippen molar-refractivity contribution in [3.05, 3.63) is 0 Å². The van der Waals surface area contributed by atoms with E-state index in [0.717, 1.165) is 0 Å². The van der Waals surface area contributed by atoms with Crippen molar-refractivity contribution in [2.24, 2.45) is 5.73 Å². The molecular formula is C10H17N3O5. The van der Waals surface area contributed by atoms with E-state index in [0.29, 0.717) is 6.54 Å². The van der Waals surface area contributed by atoms with Gasteiger partial charge in [-0.3, -0.25) is 9.59 Å². The predicted octanol–water partition coefficient (Wildman–Crippen LogP) is -2.46. The quantitative estimate of drug-likeness (QED) is 0.358. The monoisotopic (exact) mass is 259 g/mol. The van der Waals surface area contributed by atoms with Gasteiger partial charge < -0.3 is 26.6 Å². The summed E-state index contributed by atoms with van der Waals surface area (Å²) in [6, 6.07) is -1.75. The first-order valence-corrected chi connectivity index (χ1v) is 5.63. The van der Waals surface area contributed by atoms with Gasteiger partial charge in [-0.15, -0.1) is 0 Å². The van der Waals surface area contributed by atoms with Crippen LogP contribution in [0.3, 0.4) is 0 Å². The highest BCUT2D eigenvalue weighted by atomic mass is 16.4. The second-order valence-corrected chi connectivity index (χ2v) is 4.25. The summed E-state index contributed by atoms with van der Waals surface area (Å²) in [5.74, 6) is -2.34. The third-order valence-electron chi connectivity index (χ3n) is 2.72. The second kappa shape index (κ2) is 6.31. The number of carbonyl (C=O) groups excluding carboxylic acids is 2. The number of aliphatic hydroxyl groups is 1. The summed E-state index contributed by atoms with van der Waals surface area (Å²) >= 11 is 0. The number of amides is 2. The molecule has 0 aliphatic carbocycles. The first kappa shape index (κ1) is 14.4. The van der Waals surface area contributed by atoms with E-state index in [1.54, 1.807) is 0 Å². The SMILES string of the molecule is NC(=O)CC[C@H](NC(=O)C1CC(O)CN1)C(=O)O. The molecule has 8 nitrogen and oxygen atoms in total. The van der Waals surface area contributed by atoms with E-state index in [1.165, 1.54) is 0 Å². The number of carboxylic acid groups (broad SMARTS) is 1. The summed E-state index contributed by atoms with van der Waals surface area (Å²) in [6.45, 7) is 0.303. The summed E-state index contributed by atoms with van der Waals surface area (Å²) in [4.78, 5) is 33.2. The number of aliphatic carboxylic acids is 1. The molecule has 1 aliphatic heterocycles. The lowest BCUT2D eigenvalue weighted by atomic mass is 10.1. The Kier molecular flexibility index (Phi) is 5.05. The van der Waals surface area contributed by atoms with Crippen LogP contribution in [0, 0.1) is 0 Å².